The fourth-order valence-corrected chi connectivity index (χ4v) is 3.23. The number of aromatic nitrogens is 2. The van der Waals surface area contributed by atoms with E-state index in [0.29, 0.717) is 21.4 Å². The maximum atomic E-state index is 12.9. The van der Waals surface area contributed by atoms with E-state index in [2.05, 4.69) is 10.2 Å². The zero-order valence-corrected chi connectivity index (χ0v) is 15.2. The normalized spacial score (nSPS) is 12.1. The molecule has 0 saturated carbocycles. The molecule has 0 aliphatic heterocycles. The van der Waals surface area contributed by atoms with Crippen molar-refractivity contribution in [1.82, 2.24) is 15.1 Å². The van der Waals surface area contributed by atoms with Gasteiger partial charge >= 0.3 is 0 Å². The third kappa shape index (κ3) is 3.31. The van der Waals surface area contributed by atoms with Crippen LogP contribution in [0.15, 0.2) is 12.1 Å². The summed E-state index contributed by atoms with van der Waals surface area (Å²) in [6.07, 6.45) is 0. The van der Waals surface area contributed by atoms with E-state index in [-0.39, 0.29) is 11.9 Å². The first-order valence-corrected chi connectivity index (χ1v) is 7.85. The highest BCUT2D eigenvalue weighted by molar-refractivity contribution is 6.36. The van der Waals surface area contributed by atoms with E-state index in [4.69, 9.17) is 27.9 Å². The lowest BCUT2D eigenvalue weighted by Gasteiger charge is -2.26. The number of H-pyrrole nitrogens is 1. The quantitative estimate of drug-likeness (QED) is 0.894. The molecule has 1 amide bonds. The molecule has 1 aromatic heterocycles. The molecule has 1 N–H and O–H groups in total. The number of carbonyl (C=O) groups is 1. The molecule has 1 heterocycles. The largest absolute Gasteiger partial charge is 0.494 e. The van der Waals surface area contributed by atoms with E-state index in [1.165, 1.54) is 7.11 Å². The van der Waals surface area contributed by atoms with Gasteiger partial charge in [0.15, 0.2) is 0 Å². The summed E-state index contributed by atoms with van der Waals surface area (Å²) >= 11 is 12.1. The molecule has 7 heteroatoms. The molecular formula is C16H19Cl2N3O2. The summed E-state index contributed by atoms with van der Waals surface area (Å²) in [6.45, 7) is 5.78. The summed E-state index contributed by atoms with van der Waals surface area (Å²) in [5, 5.41) is 7.81. The Morgan fingerprint density at radius 1 is 1.35 bits per heavy atom. The van der Waals surface area contributed by atoms with Gasteiger partial charge in [0.05, 0.1) is 29.4 Å². The Labute approximate surface area is 145 Å². The molecular weight excluding hydrogens is 337 g/mol. The van der Waals surface area contributed by atoms with E-state index in [9.17, 15) is 4.79 Å². The second-order valence-corrected chi connectivity index (χ2v) is 6.25. The number of benzene rings is 1. The SMILES string of the molecule is COc1c(Cl)cc(Cl)cc1C(=O)N(C)[C@H](C)c1c(C)n[nH]c1C. The van der Waals surface area contributed by atoms with Crippen molar-refractivity contribution in [3.63, 3.8) is 0 Å². The Balaban J connectivity index is 2.41. The molecule has 0 radical (unpaired) electrons. The van der Waals surface area contributed by atoms with Crippen molar-refractivity contribution in [3.8, 4) is 5.75 Å². The van der Waals surface area contributed by atoms with Gasteiger partial charge in [0.2, 0.25) is 0 Å². The third-order valence-corrected chi connectivity index (χ3v) is 4.45. The molecule has 23 heavy (non-hydrogen) atoms. The van der Waals surface area contributed by atoms with Gasteiger partial charge in [-0.2, -0.15) is 5.10 Å². The first-order valence-electron chi connectivity index (χ1n) is 7.09. The number of aromatic amines is 1. The standard InChI is InChI=1S/C16H19Cl2N3O2/c1-8-14(9(2)20-19-8)10(3)21(4)16(22)12-6-11(17)7-13(18)15(12)23-5/h6-7,10H,1-5H3,(H,19,20)/t10-/m1/s1. The molecule has 124 valence electrons. The smallest absolute Gasteiger partial charge is 0.257 e. The number of halogens is 2. The van der Waals surface area contributed by atoms with Crippen molar-refractivity contribution in [1.29, 1.82) is 0 Å². The fraction of sp³-hybridized carbons (Fsp3) is 0.375. The van der Waals surface area contributed by atoms with Crippen LogP contribution in [0.25, 0.3) is 0 Å². The van der Waals surface area contributed by atoms with Crippen LogP contribution in [0.5, 0.6) is 5.75 Å². The van der Waals surface area contributed by atoms with E-state index >= 15 is 0 Å². The lowest BCUT2D eigenvalue weighted by Crippen LogP contribution is -2.30. The topological polar surface area (TPSA) is 58.2 Å². The Morgan fingerprint density at radius 3 is 2.52 bits per heavy atom. The number of amides is 1. The molecule has 1 aromatic carbocycles. The summed E-state index contributed by atoms with van der Waals surface area (Å²) in [4.78, 5) is 14.5. The van der Waals surface area contributed by atoms with Gasteiger partial charge in [-0.15, -0.1) is 0 Å². The Morgan fingerprint density at radius 2 is 2.00 bits per heavy atom. The summed E-state index contributed by atoms with van der Waals surface area (Å²) in [5.74, 6) is 0.0968. The molecule has 2 aromatic rings. The monoisotopic (exact) mass is 355 g/mol. The first-order chi connectivity index (χ1) is 10.8. The van der Waals surface area contributed by atoms with Crippen molar-refractivity contribution in [2.45, 2.75) is 26.8 Å². The second-order valence-electron chi connectivity index (χ2n) is 5.41. The highest BCUT2D eigenvalue weighted by Crippen LogP contribution is 2.34. The van der Waals surface area contributed by atoms with Gasteiger partial charge in [-0.3, -0.25) is 9.89 Å². The van der Waals surface area contributed by atoms with Crippen LogP contribution in [-0.2, 0) is 0 Å². The lowest BCUT2D eigenvalue weighted by molar-refractivity contribution is 0.0738. The van der Waals surface area contributed by atoms with Crippen LogP contribution < -0.4 is 4.74 Å². The number of hydrogen-bond acceptors (Lipinski definition) is 3. The van der Waals surface area contributed by atoms with Crippen molar-refractivity contribution < 1.29 is 9.53 Å². The summed E-state index contributed by atoms with van der Waals surface area (Å²) in [5.41, 5.74) is 3.13. The highest BCUT2D eigenvalue weighted by Gasteiger charge is 2.26. The summed E-state index contributed by atoms with van der Waals surface area (Å²) < 4.78 is 5.26. The minimum Gasteiger partial charge on any atom is -0.494 e. The average Bonchev–Trinajstić information content (AvgIpc) is 2.83. The molecule has 0 fully saturated rings. The molecule has 5 nitrogen and oxygen atoms in total. The summed E-state index contributed by atoms with van der Waals surface area (Å²) in [7, 11) is 3.20. The molecule has 2 rings (SSSR count). The zero-order chi connectivity index (χ0) is 17.3. The van der Waals surface area contributed by atoms with E-state index in [1.54, 1.807) is 24.1 Å². The molecule has 0 bridgehead atoms. The van der Waals surface area contributed by atoms with Gasteiger partial charge in [0, 0.05) is 23.3 Å². The van der Waals surface area contributed by atoms with Gasteiger partial charge < -0.3 is 9.64 Å². The van der Waals surface area contributed by atoms with Crippen molar-refractivity contribution >= 4 is 29.1 Å². The Kier molecular flexibility index (Phi) is 5.22. The highest BCUT2D eigenvalue weighted by atomic mass is 35.5. The van der Waals surface area contributed by atoms with Crippen molar-refractivity contribution in [3.05, 3.63) is 44.7 Å². The van der Waals surface area contributed by atoms with Crippen LogP contribution in [0.2, 0.25) is 10.0 Å². The van der Waals surface area contributed by atoms with Crippen LogP contribution in [0, 0.1) is 13.8 Å². The Hall–Kier alpha value is -1.72. The number of aryl methyl sites for hydroxylation is 2. The van der Waals surface area contributed by atoms with E-state index in [0.717, 1.165) is 17.0 Å². The molecule has 0 saturated heterocycles. The number of carbonyl (C=O) groups excluding carboxylic acids is 1. The van der Waals surface area contributed by atoms with E-state index < -0.39 is 0 Å². The van der Waals surface area contributed by atoms with Gasteiger partial charge in [-0.05, 0) is 32.9 Å². The zero-order valence-electron chi connectivity index (χ0n) is 13.7. The fourth-order valence-electron chi connectivity index (χ4n) is 2.66. The molecule has 0 spiro atoms. The minimum atomic E-state index is -0.223. The van der Waals surface area contributed by atoms with Gasteiger partial charge in [0.1, 0.15) is 5.75 Å². The maximum absolute atomic E-state index is 12.9. The number of hydrogen-bond donors (Lipinski definition) is 1. The predicted molar refractivity (Wildman–Crippen MR) is 91.6 cm³/mol. The predicted octanol–water partition coefficient (Wildman–Crippen LogP) is 4.18. The maximum Gasteiger partial charge on any atom is 0.257 e. The van der Waals surface area contributed by atoms with Crippen LogP contribution >= 0.6 is 23.2 Å². The van der Waals surface area contributed by atoms with Crippen LogP contribution in [-0.4, -0.2) is 35.2 Å². The third-order valence-electron chi connectivity index (χ3n) is 3.95. The number of nitrogens with zero attached hydrogens (tertiary/aromatic N) is 2. The molecule has 0 unspecified atom stereocenters. The van der Waals surface area contributed by atoms with Crippen molar-refractivity contribution in [2.75, 3.05) is 14.2 Å². The van der Waals surface area contributed by atoms with E-state index in [1.807, 2.05) is 20.8 Å². The molecule has 0 aliphatic carbocycles. The molecule has 0 aliphatic rings. The van der Waals surface area contributed by atoms with Crippen LogP contribution in [0.3, 0.4) is 0 Å². The number of methoxy groups -OCH3 is 1. The number of nitrogens with one attached hydrogen (secondary N) is 1. The van der Waals surface area contributed by atoms with Crippen molar-refractivity contribution in [2.24, 2.45) is 0 Å². The first kappa shape index (κ1) is 17.6. The molecule has 1 atom stereocenters. The second kappa shape index (κ2) is 6.81. The van der Waals surface area contributed by atoms with Gasteiger partial charge in [-0.1, -0.05) is 23.2 Å². The number of ether oxygens (including phenoxy) is 1. The average molecular weight is 356 g/mol. The number of rotatable bonds is 4. The minimum absolute atomic E-state index is 0.163. The lowest BCUT2D eigenvalue weighted by atomic mass is 10.0. The van der Waals surface area contributed by atoms with Crippen LogP contribution in [0.4, 0.5) is 0 Å². The van der Waals surface area contributed by atoms with Gasteiger partial charge in [0.25, 0.3) is 5.91 Å². The summed E-state index contributed by atoms with van der Waals surface area (Å²) in [6, 6.07) is 2.95. The van der Waals surface area contributed by atoms with Crippen LogP contribution in [0.1, 0.15) is 40.3 Å². The Bertz CT molecular complexity index is 724. The van der Waals surface area contributed by atoms with Gasteiger partial charge in [-0.25, -0.2) is 0 Å².